The van der Waals surface area contributed by atoms with Crippen LogP contribution in [0.15, 0.2) is 24.6 Å². The molecule has 4 nitrogen and oxygen atoms in total. The molecule has 0 aromatic heterocycles. The van der Waals surface area contributed by atoms with Crippen LogP contribution in [0.5, 0.6) is 0 Å². The van der Waals surface area contributed by atoms with Crippen LogP contribution in [0.1, 0.15) is 91.4 Å². The highest BCUT2D eigenvalue weighted by Crippen LogP contribution is 2.22. The highest BCUT2D eigenvalue weighted by atomic mass is 16.1. The van der Waals surface area contributed by atoms with Crippen molar-refractivity contribution >= 4 is 5.91 Å². The summed E-state index contributed by atoms with van der Waals surface area (Å²) in [6.45, 7) is 8.88. The molecule has 156 valence electrons. The Balaban J connectivity index is 2.10. The van der Waals surface area contributed by atoms with Gasteiger partial charge in [0.15, 0.2) is 6.17 Å². The third kappa shape index (κ3) is 9.99. The lowest BCUT2D eigenvalue weighted by Gasteiger charge is -2.37. The van der Waals surface area contributed by atoms with E-state index in [9.17, 15) is 4.79 Å². The number of hydrogen-bond donors (Lipinski definition) is 2. The zero-order valence-corrected chi connectivity index (χ0v) is 18.1. The number of unbranched alkanes of at least 4 members (excludes halogenated alkanes) is 8. The third-order valence-electron chi connectivity index (χ3n) is 5.76. The molecule has 1 aliphatic rings. The van der Waals surface area contributed by atoms with E-state index in [1.165, 1.54) is 70.6 Å². The maximum Gasteiger partial charge on any atom is 0.217 e. The van der Waals surface area contributed by atoms with Gasteiger partial charge in [0.25, 0.3) is 0 Å². The summed E-state index contributed by atoms with van der Waals surface area (Å²) >= 11 is 0. The zero-order valence-electron chi connectivity index (χ0n) is 18.1. The standard InChI is InChI=1S/C23H43N3O/c1-4-6-7-8-9-10-11-12-13-14-15-16-17-23-25-19-21-26(23,5-2)20-18-24-22(3)27/h9-10,19,21,23,25H,4-8,11-18,20H2,1-3H3/p+1/b10-9+. The van der Waals surface area contributed by atoms with Gasteiger partial charge in [0, 0.05) is 13.3 Å². The maximum absolute atomic E-state index is 11.1. The highest BCUT2D eigenvalue weighted by Gasteiger charge is 2.36. The third-order valence-corrected chi connectivity index (χ3v) is 5.76. The first kappa shape index (κ1) is 23.7. The Hall–Kier alpha value is -1.29. The summed E-state index contributed by atoms with van der Waals surface area (Å²) < 4.78 is 0.948. The molecule has 2 atom stereocenters. The van der Waals surface area contributed by atoms with Crippen LogP contribution in [0.25, 0.3) is 0 Å². The lowest BCUT2D eigenvalue weighted by molar-refractivity contribution is -0.898. The number of carbonyl (C=O) groups is 1. The number of allylic oxidation sites excluding steroid dienone is 2. The normalized spacial score (nSPS) is 21.7. The lowest BCUT2D eigenvalue weighted by Crippen LogP contribution is -2.55. The minimum Gasteiger partial charge on any atom is -0.351 e. The molecule has 4 heteroatoms. The Bertz CT molecular complexity index is 447. The number of hydrogen-bond acceptors (Lipinski definition) is 2. The van der Waals surface area contributed by atoms with Crippen LogP contribution in [-0.4, -0.2) is 36.2 Å². The largest absolute Gasteiger partial charge is 0.351 e. The topological polar surface area (TPSA) is 41.1 Å². The van der Waals surface area contributed by atoms with E-state index in [-0.39, 0.29) is 5.91 Å². The molecule has 1 amide bonds. The fourth-order valence-corrected chi connectivity index (χ4v) is 3.93. The van der Waals surface area contributed by atoms with E-state index in [1.54, 1.807) is 6.92 Å². The Morgan fingerprint density at radius 2 is 1.70 bits per heavy atom. The van der Waals surface area contributed by atoms with Gasteiger partial charge in [0.1, 0.15) is 12.7 Å². The maximum atomic E-state index is 11.1. The van der Waals surface area contributed by atoms with Gasteiger partial charge in [-0.3, -0.25) is 9.28 Å². The summed E-state index contributed by atoms with van der Waals surface area (Å²) in [5.74, 6) is 0.0627. The molecule has 1 aliphatic heterocycles. The van der Waals surface area contributed by atoms with Crippen molar-refractivity contribution in [3.63, 3.8) is 0 Å². The molecule has 2 N–H and O–H groups in total. The number of rotatable bonds is 16. The Morgan fingerprint density at radius 1 is 1.04 bits per heavy atom. The minimum absolute atomic E-state index is 0.0627. The van der Waals surface area contributed by atoms with Crippen LogP contribution < -0.4 is 10.6 Å². The van der Waals surface area contributed by atoms with Crippen LogP contribution >= 0.6 is 0 Å². The first-order valence-corrected chi connectivity index (χ1v) is 11.3. The van der Waals surface area contributed by atoms with Crippen molar-refractivity contribution in [1.82, 2.24) is 10.6 Å². The van der Waals surface area contributed by atoms with E-state index in [2.05, 4.69) is 49.0 Å². The van der Waals surface area contributed by atoms with E-state index in [1.807, 2.05) is 0 Å². The second-order valence-electron chi connectivity index (χ2n) is 7.94. The molecule has 0 fully saturated rings. The van der Waals surface area contributed by atoms with Crippen molar-refractivity contribution in [2.24, 2.45) is 0 Å². The van der Waals surface area contributed by atoms with Gasteiger partial charge in [-0.2, -0.15) is 0 Å². The molecule has 1 heterocycles. The SMILES string of the molecule is CCCCC/C=C/CCCCCCCC1NC=C[N+]1(CC)CCNC(C)=O. The van der Waals surface area contributed by atoms with Crippen LogP contribution in [0.3, 0.4) is 0 Å². The van der Waals surface area contributed by atoms with Crippen LogP contribution in [0.4, 0.5) is 0 Å². The van der Waals surface area contributed by atoms with Gasteiger partial charge < -0.3 is 10.6 Å². The van der Waals surface area contributed by atoms with Gasteiger partial charge in [-0.1, -0.05) is 51.2 Å². The number of amides is 1. The van der Waals surface area contributed by atoms with Crippen molar-refractivity contribution in [2.45, 2.75) is 97.6 Å². The molecule has 0 spiro atoms. The summed E-state index contributed by atoms with van der Waals surface area (Å²) in [6, 6.07) is 0. The quantitative estimate of drug-likeness (QED) is 0.219. The summed E-state index contributed by atoms with van der Waals surface area (Å²) in [7, 11) is 0. The highest BCUT2D eigenvalue weighted by molar-refractivity contribution is 5.72. The fourth-order valence-electron chi connectivity index (χ4n) is 3.93. The van der Waals surface area contributed by atoms with E-state index in [4.69, 9.17) is 0 Å². The zero-order chi connectivity index (χ0) is 19.8. The van der Waals surface area contributed by atoms with Crippen molar-refractivity contribution in [3.05, 3.63) is 24.6 Å². The summed E-state index contributed by atoms with van der Waals surface area (Å²) in [5.41, 5.74) is 0. The lowest BCUT2D eigenvalue weighted by atomic mass is 10.1. The molecular weight excluding hydrogens is 334 g/mol. The van der Waals surface area contributed by atoms with E-state index in [0.717, 1.165) is 24.1 Å². The van der Waals surface area contributed by atoms with Crippen LogP contribution in [0, 0.1) is 0 Å². The molecular formula is C23H44N3O+. The van der Waals surface area contributed by atoms with Gasteiger partial charge in [0.05, 0.1) is 19.3 Å². The number of nitrogens with zero attached hydrogens (tertiary/aromatic N) is 1. The van der Waals surface area contributed by atoms with E-state index < -0.39 is 0 Å². The molecule has 2 unspecified atom stereocenters. The van der Waals surface area contributed by atoms with Crippen molar-refractivity contribution in [2.75, 3.05) is 19.6 Å². The first-order chi connectivity index (χ1) is 13.1. The molecule has 0 radical (unpaired) electrons. The van der Waals surface area contributed by atoms with E-state index in [0.29, 0.717) is 6.17 Å². The van der Waals surface area contributed by atoms with Crippen molar-refractivity contribution in [3.8, 4) is 0 Å². The summed E-state index contributed by atoms with van der Waals surface area (Å²) in [4.78, 5) is 11.1. The van der Waals surface area contributed by atoms with Crippen molar-refractivity contribution < 1.29 is 9.28 Å². The minimum atomic E-state index is 0.0627. The Kier molecular flexibility index (Phi) is 13.0. The van der Waals surface area contributed by atoms with E-state index >= 15 is 0 Å². The van der Waals surface area contributed by atoms with Gasteiger partial charge in [0.2, 0.25) is 5.91 Å². The molecule has 0 aromatic carbocycles. The predicted octanol–water partition coefficient (Wildman–Crippen LogP) is 5.23. The average Bonchev–Trinajstić information content (AvgIpc) is 3.05. The summed E-state index contributed by atoms with van der Waals surface area (Å²) in [6.07, 6.45) is 24.0. The predicted molar refractivity (Wildman–Crippen MR) is 116 cm³/mol. The molecule has 0 aromatic rings. The number of nitrogens with one attached hydrogen (secondary N) is 2. The number of likely N-dealkylation sites (N-methyl/N-ethyl adjacent to an activating group) is 1. The molecule has 27 heavy (non-hydrogen) atoms. The summed E-state index contributed by atoms with van der Waals surface area (Å²) in [5, 5.41) is 6.49. The average molecular weight is 379 g/mol. The molecule has 0 saturated heterocycles. The molecule has 0 bridgehead atoms. The Morgan fingerprint density at radius 3 is 2.37 bits per heavy atom. The smallest absolute Gasteiger partial charge is 0.217 e. The van der Waals surface area contributed by atoms with Crippen LogP contribution in [-0.2, 0) is 4.79 Å². The fraction of sp³-hybridized carbons (Fsp3) is 0.783. The van der Waals surface area contributed by atoms with Crippen LogP contribution in [0.2, 0.25) is 0 Å². The number of carbonyl (C=O) groups excluding carboxylic acids is 1. The van der Waals surface area contributed by atoms with Gasteiger partial charge in [-0.15, -0.1) is 0 Å². The molecule has 0 saturated carbocycles. The van der Waals surface area contributed by atoms with Gasteiger partial charge >= 0.3 is 0 Å². The first-order valence-electron chi connectivity index (χ1n) is 11.3. The molecule has 1 rings (SSSR count). The number of quaternary nitrogens is 1. The Labute approximate surface area is 168 Å². The second-order valence-corrected chi connectivity index (χ2v) is 7.94. The monoisotopic (exact) mass is 378 g/mol. The second kappa shape index (κ2) is 14.7. The van der Waals surface area contributed by atoms with Gasteiger partial charge in [-0.05, 0) is 39.0 Å². The molecule has 0 aliphatic carbocycles. The van der Waals surface area contributed by atoms with Crippen molar-refractivity contribution in [1.29, 1.82) is 0 Å². The van der Waals surface area contributed by atoms with Gasteiger partial charge in [-0.25, -0.2) is 0 Å².